The average Bonchev–Trinajstić information content (AvgIpc) is 2.54. The maximum absolute atomic E-state index is 5.16. The van der Waals surface area contributed by atoms with Gasteiger partial charge in [-0.2, -0.15) is 0 Å². The summed E-state index contributed by atoms with van der Waals surface area (Å²) in [6.07, 6.45) is 5.12. The highest BCUT2D eigenvalue weighted by Gasteiger charge is 2.04. The molecular formula is C9H8N2OS. The maximum Gasteiger partial charge on any atom is 0.192 e. The molecule has 2 heterocycles. The van der Waals surface area contributed by atoms with Gasteiger partial charge in [0.05, 0.1) is 11.2 Å². The molecule has 0 aromatic carbocycles. The van der Waals surface area contributed by atoms with Gasteiger partial charge in [-0.15, -0.1) is 0 Å². The lowest BCUT2D eigenvalue weighted by molar-refractivity contribution is 0.527. The zero-order valence-electron chi connectivity index (χ0n) is 7.10. The fourth-order valence-electron chi connectivity index (χ4n) is 0.916. The molecule has 0 fully saturated rings. The quantitative estimate of drug-likeness (QED) is 0.685. The van der Waals surface area contributed by atoms with Crippen LogP contribution in [0.3, 0.4) is 0 Å². The Balaban J connectivity index is 2.20. The number of aryl methyl sites for hydroxylation is 1. The fraction of sp³-hybridized carbons (Fsp3) is 0.111. The van der Waals surface area contributed by atoms with Crippen molar-refractivity contribution in [1.82, 2.24) is 9.97 Å². The summed E-state index contributed by atoms with van der Waals surface area (Å²) >= 11 is 1.50. The van der Waals surface area contributed by atoms with Crippen molar-refractivity contribution in [1.29, 1.82) is 0 Å². The molecule has 2 aromatic heterocycles. The highest BCUT2D eigenvalue weighted by molar-refractivity contribution is 7.99. The molecule has 0 amide bonds. The second kappa shape index (κ2) is 3.62. The first-order valence-corrected chi connectivity index (χ1v) is 4.67. The Morgan fingerprint density at radius 2 is 2.08 bits per heavy atom. The van der Waals surface area contributed by atoms with Gasteiger partial charge in [0.15, 0.2) is 5.16 Å². The first-order chi connectivity index (χ1) is 6.36. The van der Waals surface area contributed by atoms with Crippen molar-refractivity contribution >= 4 is 11.8 Å². The third-order valence-corrected chi connectivity index (χ3v) is 2.59. The Bertz CT molecular complexity index is 386. The fourth-order valence-corrected chi connectivity index (χ4v) is 1.65. The van der Waals surface area contributed by atoms with Crippen LogP contribution in [0.4, 0.5) is 0 Å². The lowest BCUT2D eigenvalue weighted by Crippen LogP contribution is -1.82. The molecule has 0 unspecified atom stereocenters. The molecule has 13 heavy (non-hydrogen) atoms. The van der Waals surface area contributed by atoms with E-state index in [2.05, 4.69) is 9.97 Å². The summed E-state index contributed by atoms with van der Waals surface area (Å²) in [5.74, 6) is 0.900. The van der Waals surface area contributed by atoms with E-state index in [0.717, 1.165) is 15.8 Å². The molecule has 2 rings (SSSR count). The van der Waals surface area contributed by atoms with Crippen LogP contribution >= 0.6 is 11.8 Å². The van der Waals surface area contributed by atoms with Crippen LogP contribution < -0.4 is 0 Å². The van der Waals surface area contributed by atoms with Crippen molar-refractivity contribution in [3.05, 3.63) is 36.5 Å². The first kappa shape index (κ1) is 8.31. The zero-order chi connectivity index (χ0) is 9.10. The summed E-state index contributed by atoms with van der Waals surface area (Å²) in [6, 6.07) is 3.71. The SMILES string of the molecule is Cc1occc1Sc1ncccn1. The van der Waals surface area contributed by atoms with E-state index in [4.69, 9.17) is 4.42 Å². The molecule has 0 aliphatic carbocycles. The molecular weight excluding hydrogens is 184 g/mol. The lowest BCUT2D eigenvalue weighted by atomic mass is 10.5. The molecule has 0 aliphatic heterocycles. The molecule has 0 atom stereocenters. The number of furan rings is 1. The van der Waals surface area contributed by atoms with Gasteiger partial charge in [-0.1, -0.05) is 0 Å². The molecule has 0 aliphatic rings. The Morgan fingerprint density at radius 3 is 2.69 bits per heavy atom. The second-order valence-electron chi connectivity index (χ2n) is 2.47. The zero-order valence-corrected chi connectivity index (χ0v) is 7.91. The standard InChI is InChI=1S/C9H8N2OS/c1-7-8(3-6-12-7)13-9-10-4-2-5-11-9/h2-6H,1H3. The summed E-state index contributed by atoms with van der Waals surface area (Å²) in [4.78, 5) is 9.27. The Labute approximate surface area is 80.2 Å². The minimum absolute atomic E-state index is 0.743. The van der Waals surface area contributed by atoms with Crippen LogP contribution in [0, 0.1) is 6.92 Å². The van der Waals surface area contributed by atoms with Crippen LogP contribution in [-0.2, 0) is 0 Å². The van der Waals surface area contributed by atoms with Crippen LogP contribution in [0.1, 0.15) is 5.76 Å². The Kier molecular flexibility index (Phi) is 2.31. The first-order valence-electron chi connectivity index (χ1n) is 3.85. The lowest BCUT2D eigenvalue weighted by Gasteiger charge is -1.95. The van der Waals surface area contributed by atoms with Gasteiger partial charge in [-0.3, -0.25) is 0 Å². The van der Waals surface area contributed by atoms with Crippen molar-refractivity contribution in [2.75, 3.05) is 0 Å². The summed E-state index contributed by atoms with van der Waals surface area (Å²) in [5, 5.41) is 0.743. The minimum Gasteiger partial charge on any atom is -0.468 e. The van der Waals surface area contributed by atoms with Crippen molar-refractivity contribution in [2.24, 2.45) is 0 Å². The number of hydrogen-bond donors (Lipinski definition) is 0. The third kappa shape index (κ3) is 1.89. The van der Waals surface area contributed by atoms with E-state index in [-0.39, 0.29) is 0 Å². The number of hydrogen-bond acceptors (Lipinski definition) is 4. The molecule has 0 saturated carbocycles. The highest BCUT2D eigenvalue weighted by atomic mass is 32.2. The summed E-state index contributed by atoms with van der Waals surface area (Å²) < 4.78 is 5.16. The average molecular weight is 192 g/mol. The van der Waals surface area contributed by atoms with Gasteiger partial charge in [-0.25, -0.2) is 9.97 Å². The molecule has 0 radical (unpaired) electrons. The highest BCUT2D eigenvalue weighted by Crippen LogP contribution is 2.27. The summed E-state index contributed by atoms with van der Waals surface area (Å²) in [5.41, 5.74) is 0. The van der Waals surface area contributed by atoms with Crippen LogP contribution in [0.25, 0.3) is 0 Å². The number of nitrogens with zero attached hydrogens (tertiary/aromatic N) is 2. The van der Waals surface area contributed by atoms with Crippen LogP contribution in [0.2, 0.25) is 0 Å². The van der Waals surface area contributed by atoms with Gasteiger partial charge in [0.25, 0.3) is 0 Å². The van der Waals surface area contributed by atoms with E-state index in [1.54, 1.807) is 24.7 Å². The number of aromatic nitrogens is 2. The van der Waals surface area contributed by atoms with Gasteiger partial charge in [0.1, 0.15) is 5.76 Å². The van der Waals surface area contributed by atoms with E-state index in [9.17, 15) is 0 Å². The largest absolute Gasteiger partial charge is 0.468 e. The van der Waals surface area contributed by atoms with Gasteiger partial charge in [0, 0.05) is 12.4 Å². The van der Waals surface area contributed by atoms with Crippen molar-refractivity contribution in [3.63, 3.8) is 0 Å². The summed E-state index contributed by atoms with van der Waals surface area (Å²) in [7, 11) is 0. The van der Waals surface area contributed by atoms with E-state index in [1.165, 1.54) is 11.8 Å². The van der Waals surface area contributed by atoms with E-state index < -0.39 is 0 Å². The molecule has 2 aromatic rings. The van der Waals surface area contributed by atoms with Crippen LogP contribution in [0.15, 0.2) is 45.3 Å². The molecule has 0 bridgehead atoms. The Hall–Kier alpha value is -1.29. The molecule has 0 spiro atoms. The monoisotopic (exact) mass is 192 g/mol. The topological polar surface area (TPSA) is 38.9 Å². The molecule has 0 N–H and O–H groups in total. The van der Waals surface area contributed by atoms with Gasteiger partial charge < -0.3 is 4.42 Å². The summed E-state index contributed by atoms with van der Waals surface area (Å²) in [6.45, 7) is 1.92. The van der Waals surface area contributed by atoms with Crippen molar-refractivity contribution < 1.29 is 4.42 Å². The predicted octanol–water partition coefficient (Wildman–Crippen LogP) is 2.53. The van der Waals surface area contributed by atoms with E-state index in [0.29, 0.717) is 0 Å². The van der Waals surface area contributed by atoms with Gasteiger partial charge in [0.2, 0.25) is 0 Å². The van der Waals surface area contributed by atoms with Crippen LogP contribution in [0.5, 0.6) is 0 Å². The molecule has 4 heteroatoms. The normalized spacial score (nSPS) is 10.2. The Morgan fingerprint density at radius 1 is 1.31 bits per heavy atom. The van der Waals surface area contributed by atoms with Crippen molar-refractivity contribution in [2.45, 2.75) is 17.0 Å². The third-order valence-electron chi connectivity index (χ3n) is 1.55. The molecule has 0 saturated heterocycles. The molecule has 66 valence electrons. The second-order valence-corrected chi connectivity index (χ2v) is 3.48. The maximum atomic E-state index is 5.16. The minimum atomic E-state index is 0.743. The molecule has 3 nitrogen and oxygen atoms in total. The van der Waals surface area contributed by atoms with Gasteiger partial charge in [-0.05, 0) is 30.8 Å². The van der Waals surface area contributed by atoms with E-state index >= 15 is 0 Å². The smallest absolute Gasteiger partial charge is 0.192 e. The van der Waals surface area contributed by atoms with Gasteiger partial charge >= 0.3 is 0 Å². The van der Waals surface area contributed by atoms with Crippen LogP contribution in [-0.4, -0.2) is 9.97 Å². The predicted molar refractivity (Wildman–Crippen MR) is 49.6 cm³/mol. The van der Waals surface area contributed by atoms with Crippen molar-refractivity contribution in [3.8, 4) is 0 Å². The van der Waals surface area contributed by atoms with E-state index in [1.807, 2.05) is 13.0 Å². The number of rotatable bonds is 2.